The molecule has 0 saturated carbocycles. The summed E-state index contributed by atoms with van der Waals surface area (Å²) in [5.74, 6) is 0. The van der Waals surface area contributed by atoms with Gasteiger partial charge in [0.1, 0.15) is 0 Å². The Bertz CT molecular complexity index is 72.1. The summed E-state index contributed by atoms with van der Waals surface area (Å²) in [6.07, 6.45) is 0. The van der Waals surface area contributed by atoms with E-state index in [0.29, 0.717) is 0 Å². The van der Waals surface area contributed by atoms with Crippen molar-refractivity contribution < 1.29 is 241 Å². The minimum Gasteiger partial charge on any atom is -2.00 e. The van der Waals surface area contributed by atoms with Crippen LogP contribution in [0, 0.1) is 0 Å². The molecule has 74 heteroatoms. The van der Waals surface area contributed by atoms with E-state index in [9.17, 15) is 0 Å². The van der Waals surface area contributed by atoms with Crippen LogP contribution in [0.1, 0.15) is 0 Å². The van der Waals surface area contributed by atoms with E-state index in [1.807, 2.05) is 0 Å². The molecule has 0 aromatic rings. The molecule has 0 bridgehead atoms. The smallest absolute Gasteiger partial charge is 2.00 e. The van der Waals surface area contributed by atoms with Crippen LogP contribution >= 0.6 is 0 Å². The van der Waals surface area contributed by atoms with Crippen molar-refractivity contribution in [3.05, 3.63) is 0 Å². The van der Waals surface area contributed by atoms with Gasteiger partial charge in [0, 0.05) is 0 Å². The molecule has 0 aromatic heterocycles. The van der Waals surface area contributed by atoms with Crippen LogP contribution in [0.4, 0.5) is 0 Å². The summed E-state index contributed by atoms with van der Waals surface area (Å²) in [6, 6.07) is 0. The molecule has 0 N–H and O–H groups in total. The molecule has 0 rings (SSSR count). The molecule has 0 spiro atoms. The quantitative estimate of drug-likeness (QED) is 0.204. The fourth-order valence-corrected chi connectivity index (χ4v) is 0. The Hall–Kier alpha value is 36.0. The first-order chi connectivity index (χ1) is 0. The van der Waals surface area contributed by atoms with Gasteiger partial charge in [0.25, 0.3) is 0 Å². The van der Waals surface area contributed by atoms with Gasteiger partial charge in [-0.1, -0.05) is 0 Å². The van der Waals surface area contributed by atoms with Gasteiger partial charge in [0.2, 0.25) is 0 Å². The number of hydrogen-bond donors (Lipinski definition) is 0. The Morgan fingerprint density at radius 3 is 0.0270 bits per heavy atom. The second-order valence-corrected chi connectivity index (χ2v) is 0. The second-order valence-electron chi connectivity index (χ2n) is 0. The van der Waals surface area contributed by atoms with Crippen LogP contribution in [0.5, 0.6) is 0 Å². The SMILES string of the molecule is [Ca+2].[Ca+2].[Ca+2].[Ca+2].[Ca+2].[Ca+2].[Ca+2].[Ca+2].[Ca+2].[Ca+2].[Ca+2].[Ca+2].[Ca+2].[Ca+2].[Ca+2].[Ca+2].[Ca+2].[Ca+2].[Ca+2].[Ca+2].[Ca+2].[Ca+2].[Ca+2].[Ca+2].[Ca+2].[Ca+2].[Ca+2].[Ca+2].[Ca+2].[Ca+2].[O-2].[O-2].[O-2].[O-2].[O-2].[O-2].[O-2].[O-2].[O-2].[O-2].[O-2].[O-2].[O-2].[O-2].[O-2].[O-2].[O-2].[O-2].[O-2].[O-2].[O-2].[O-2].[O-2].[O-2].[O-2].[O-2].[O-2].[O-2].[O-2].[O-2].[O-2].[O-2].[O-2].[O-2].[O-2].[O-2].[O-2].[O-2].[O-2].[O-2].[O-2].[O-2].[O-2].[O-2]. The second kappa shape index (κ2) is 980. The van der Waals surface area contributed by atoms with E-state index in [2.05, 4.69) is 0 Å². The molecule has 0 fully saturated rings. The standard InChI is InChI=1S/30Ca.44O/q30*+2;44*-2. The average Bonchev–Trinajstić information content (AvgIpc) is 0. The first-order valence-electron chi connectivity index (χ1n) is 0. The van der Waals surface area contributed by atoms with Crippen LogP contribution in [0.25, 0.3) is 0 Å². The van der Waals surface area contributed by atoms with E-state index in [4.69, 9.17) is 0 Å². The first-order valence-corrected chi connectivity index (χ1v) is 0. The fourth-order valence-electron chi connectivity index (χ4n) is 0. The molecule has 0 heterocycles. The molecule has 44 nitrogen and oxygen atoms in total. The molecular formula is Ca30O44-28. The summed E-state index contributed by atoms with van der Waals surface area (Å²) < 4.78 is 0. The Morgan fingerprint density at radius 2 is 0.0270 bits per heavy atom. The van der Waals surface area contributed by atoms with Crippen LogP contribution < -0.4 is 0 Å². The van der Waals surface area contributed by atoms with Gasteiger partial charge in [-0.3, -0.25) is 0 Å². The Labute approximate surface area is 1330 Å². The third kappa shape index (κ3) is 953. The monoisotopic (exact) mass is 1900 g/mol. The Kier molecular flexibility index (Phi) is 13300. The van der Waals surface area contributed by atoms with Gasteiger partial charge >= 0.3 is 1130 Å². The minimum absolute atomic E-state index is 0. The molecule has 0 aliphatic carbocycles. The molecule has 74 heavy (non-hydrogen) atoms. The van der Waals surface area contributed by atoms with Crippen molar-refractivity contribution in [1.29, 1.82) is 0 Å². The molecule has 0 unspecified atom stereocenters. The average molecular weight is 1910 g/mol. The molecule has 0 amide bonds. The van der Waals surface area contributed by atoms with Crippen molar-refractivity contribution in [1.82, 2.24) is 0 Å². The van der Waals surface area contributed by atoms with Crippen LogP contribution in [-0.4, -0.2) is 1130 Å². The van der Waals surface area contributed by atoms with Crippen LogP contribution in [0.3, 0.4) is 0 Å². The van der Waals surface area contributed by atoms with Crippen molar-refractivity contribution >= 4 is 1130 Å². The van der Waals surface area contributed by atoms with Gasteiger partial charge in [-0.05, 0) is 0 Å². The van der Waals surface area contributed by atoms with Gasteiger partial charge < -0.3 is 241 Å². The van der Waals surface area contributed by atoms with Gasteiger partial charge in [-0.2, -0.15) is 0 Å². The van der Waals surface area contributed by atoms with E-state index in [0.717, 1.165) is 0 Å². The number of hydrogen-bond acceptors (Lipinski definition) is 0. The third-order valence-electron chi connectivity index (χ3n) is 0. The van der Waals surface area contributed by atoms with Gasteiger partial charge in [0.15, 0.2) is 0 Å². The Morgan fingerprint density at radius 1 is 0.0270 bits per heavy atom. The van der Waals surface area contributed by atoms with Crippen LogP contribution in [0.15, 0.2) is 0 Å². The molecule has 0 radical (unpaired) electrons. The third-order valence-corrected chi connectivity index (χ3v) is 0. The number of rotatable bonds is 0. The maximum atomic E-state index is 0. The van der Waals surface area contributed by atoms with Gasteiger partial charge in [-0.15, -0.1) is 0 Å². The Balaban J connectivity index is 0. The maximum Gasteiger partial charge on any atom is 2.00 e. The zero-order valence-corrected chi connectivity index (χ0v) is 105. The zero-order chi connectivity index (χ0) is 0. The van der Waals surface area contributed by atoms with E-state index in [1.165, 1.54) is 0 Å². The van der Waals surface area contributed by atoms with Gasteiger partial charge in [0.05, 0.1) is 0 Å². The van der Waals surface area contributed by atoms with E-state index in [1.54, 1.807) is 0 Å². The largest absolute Gasteiger partial charge is 2.00 e. The summed E-state index contributed by atoms with van der Waals surface area (Å²) in [7, 11) is 0. The predicted molar refractivity (Wildman–Crippen MR) is 203 cm³/mol. The van der Waals surface area contributed by atoms with Crippen LogP contribution in [0.2, 0.25) is 0 Å². The molecular weight excluding hydrogens is 1910 g/mol. The summed E-state index contributed by atoms with van der Waals surface area (Å²) in [4.78, 5) is 0. The molecule has 0 aliphatic heterocycles. The van der Waals surface area contributed by atoms with Crippen LogP contribution in [-0.2, 0) is 241 Å². The minimum atomic E-state index is 0. The van der Waals surface area contributed by atoms with E-state index in [-0.39, 0.29) is 1370 Å². The molecule has 0 aromatic carbocycles. The van der Waals surface area contributed by atoms with Crippen molar-refractivity contribution in [3.63, 3.8) is 0 Å². The molecule has 352 valence electrons. The van der Waals surface area contributed by atoms with E-state index >= 15 is 0 Å². The first kappa shape index (κ1) is 1010. The van der Waals surface area contributed by atoms with Crippen molar-refractivity contribution in [3.8, 4) is 0 Å². The molecule has 0 saturated heterocycles. The van der Waals surface area contributed by atoms with Gasteiger partial charge in [-0.25, -0.2) is 0 Å². The summed E-state index contributed by atoms with van der Waals surface area (Å²) in [5.41, 5.74) is 0. The topological polar surface area (TPSA) is 1250 Å². The van der Waals surface area contributed by atoms with Crippen molar-refractivity contribution in [2.75, 3.05) is 0 Å². The van der Waals surface area contributed by atoms with E-state index < -0.39 is 0 Å². The summed E-state index contributed by atoms with van der Waals surface area (Å²) in [5, 5.41) is 0. The van der Waals surface area contributed by atoms with Crippen molar-refractivity contribution in [2.24, 2.45) is 0 Å². The normalized spacial score (nSPS) is 0. The maximum absolute atomic E-state index is 0. The molecule has 0 aliphatic rings. The summed E-state index contributed by atoms with van der Waals surface area (Å²) in [6.45, 7) is 0. The summed E-state index contributed by atoms with van der Waals surface area (Å²) >= 11 is 0. The zero-order valence-electron chi connectivity index (χ0n) is 39.2. The predicted octanol–water partition coefficient (Wildman–Crippen LogP) is -16.7. The molecule has 0 atom stereocenters. The van der Waals surface area contributed by atoms with Crippen molar-refractivity contribution in [2.45, 2.75) is 0 Å². The fraction of sp³-hybridized carbons (Fsp3) is 0.